The van der Waals surface area contributed by atoms with E-state index in [4.69, 9.17) is 28.4 Å². The number of carbonyl (C=O) groups excluding carboxylic acids is 1. The summed E-state index contributed by atoms with van der Waals surface area (Å²) in [6.07, 6.45) is -19.1. The molecule has 4 saturated carbocycles. The van der Waals surface area contributed by atoms with Crippen molar-refractivity contribution in [1.29, 1.82) is 0 Å². The molecule has 0 aromatic heterocycles. The average molecular weight is 961 g/mol. The van der Waals surface area contributed by atoms with Crippen LogP contribution >= 0.6 is 0 Å². The van der Waals surface area contributed by atoms with Crippen molar-refractivity contribution >= 4 is 5.97 Å². The standard InChI is InChI=1S/C47H76O20/c1-18-13-22(21-11-12-44(4)23-9-10-29-45(5,14-26(50)38(57)46(29,6)17-49)24(23)7-8-25(44)30(21)19(18)2)40(59)67-42-34(54)32(52)31(51)28(65-42)16-62-41-35(55)33(53)36(27(15-48)64-41)66-43-39(58)47(60,61)37(56)20(3)63-43/h8,18-24,26-39,41-43,48-58,60-61H,7,9-17H2,1-6H3. The number of esters is 1. The Labute approximate surface area is 390 Å². The van der Waals surface area contributed by atoms with Gasteiger partial charge in [0.2, 0.25) is 12.1 Å². The van der Waals surface area contributed by atoms with Crippen LogP contribution in [0.25, 0.3) is 0 Å². The van der Waals surface area contributed by atoms with Crippen molar-refractivity contribution < 1.29 is 99.6 Å². The number of rotatable bonds is 9. The molecule has 0 amide bonds. The van der Waals surface area contributed by atoms with E-state index in [0.717, 1.165) is 32.1 Å². The third-order valence-corrected chi connectivity index (χ3v) is 18.9. The summed E-state index contributed by atoms with van der Waals surface area (Å²) in [5.41, 5.74) is 0.0505. The molecule has 3 heterocycles. The van der Waals surface area contributed by atoms with Crippen LogP contribution in [0.15, 0.2) is 11.6 Å². The third-order valence-electron chi connectivity index (χ3n) is 18.9. The highest BCUT2D eigenvalue weighted by Crippen LogP contribution is 2.70. The van der Waals surface area contributed by atoms with E-state index < -0.39 is 135 Å². The van der Waals surface area contributed by atoms with Crippen LogP contribution in [-0.2, 0) is 33.2 Å². The molecule has 0 radical (unpaired) electrons. The third kappa shape index (κ3) is 8.37. The summed E-state index contributed by atoms with van der Waals surface area (Å²) in [7, 11) is 0. The molecule has 0 aromatic rings. The maximum absolute atomic E-state index is 14.4. The highest BCUT2D eigenvalue weighted by Gasteiger charge is 2.66. The van der Waals surface area contributed by atoms with Gasteiger partial charge in [-0.05, 0) is 104 Å². The smallest absolute Gasteiger partial charge is 0.311 e. The van der Waals surface area contributed by atoms with Gasteiger partial charge < -0.3 is 94.8 Å². The number of fused-ring (bicyclic) bond motifs is 7. The second-order valence-corrected chi connectivity index (χ2v) is 22.4. The molecule has 8 aliphatic rings. The monoisotopic (exact) mass is 960 g/mol. The minimum Gasteiger partial charge on any atom is -0.432 e. The van der Waals surface area contributed by atoms with Crippen molar-refractivity contribution in [1.82, 2.24) is 0 Å². The topological polar surface area (TPSA) is 335 Å². The molecular formula is C47H76O20. The molecular weight excluding hydrogens is 884 g/mol. The van der Waals surface area contributed by atoms with Crippen molar-refractivity contribution in [2.75, 3.05) is 19.8 Å². The first-order valence-electron chi connectivity index (χ1n) is 24.3. The normalized spacial score (nSPS) is 55.2. The fourth-order valence-corrected chi connectivity index (χ4v) is 14.8. The fourth-order valence-electron chi connectivity index (χ4n) is 14.8. The first kappa shape index (κ1) is 51.8. The molecule has 13 N–H and O–H groups in total. The lowest BCUT2D eigenvalue weighted by Crippen LogP contribution is -2.68. The summed E-state index contributed by atoms with van der Waals surface area (Å²) in [6.45, 7) is 10.4. The van der Waals surface area contributed by atoms with E-state index in [9.17, 15) is 71.2 Å². The van der Waals surface area contributed by atoms with Gasteiger partial charge in [-0.1, -0.05) is 46.3 Å². The van der Waals surface area contributed by atoms with E-state index in [0.29, 0.717) is 18.8 Å². The predicted octanol–water partition coefficient (Wildman–Crippen LogP) is -2.25. The largest absolute Gasteiger partial charge is 0.432 e. The number of allylic oxidation sites excluding steroid dienone is 2. The minimum atomic E-state index is -3.07. The van der Waals surface area contributed by atoms with Gasteiger partial charge in [-0.25, -0.2) is 0 Å². The number of ether oxygens (including phenoxy) is 6. The molecule has 5 aliphatic carbocycles. The quantitative estimate of drug-likeness (QED) is 0.0660. The van der Waals surface area contributed by atoms with Crippen LogP contribution < -0.4 is 0 Å². The average Bonchev–Trinajstić information content (AvgIpc) is 3.29. The van der Waals surface area contributed by atoms with Gasteiger partial charge in [-0.15, -0.1) is 0 Å². The highest BCUT2D eigenvalue weighted by atomic mass is 16.8. The van der Waals surface area contributed by atoms with Crippen LogP contribution in [0, 0.1) is 63.6 Å². The second-order valence-electron chi connectivity index (χ2n) is 22.4. The molecule has 0 spiro atoms. The maximum Gasteiger partial charge on any atom is 0.311 e. The van der Waals surface area contributed by atoms with Gasteiger partial charge in [0, 0.05) is 5.41 Å². The van der Waals surface area contributed by atoms with Gasteiger partial charge in [0.25, 0.3) is 0 Å². The Kier molecular flexibility index (Phi) is 14.6. The Morgan fingerprint density at radius 3 is 2.10 bits per heavy atom. The highest BCUT2D eigenvalue weighted by molar-refractivity contribution is 5.73. The van der Waals surface area contributed by atoms with E-state index >= 15 is 0 Å². The summed E-state index contributed by atoms with van der Waals surface area (Å²) < 4.78 is 34.0. The molecule has 0 aromatic carbocycles. The molecule has 27 atom stereocenters. The van der Waals surface area contributed by atoms with E-state index in [2.05, 4.69) is 33.8 Å². The summed E-state index contributed by atoms with van der Waals surface area (Å²) in [5, 5.41) is 139. The summed E-state index contributed by atoms with van der Waals surface area (Å²) >= 11 is 0. The fraction of sp³-hybridized carbons (Fsp3) is 0.936. The zero-order valence-electron chi connectivity index (χ0n) is 39.2. The van der Waals surface area contributed by atoms with Gasteiger partial charge in [0.05, 0.1) is 44.1 Å². The van der Waals surface area contributed by atoms with Crippen LogP contribution in [0.5, 0.6) is 0 Å². The Hall–Kier alpha value is -1.51. The number of hydrogen-bond donors (Lipinski definition) is 13. The first-order valence-corrected chi connectivity index (χ1v) is 24.3. The van der Waals surface area contributed by atoms with E-state index in [1.54, 1.807) is 0 Å². The Morgan fingerprint density at radius 1 is 0.761 bits per heavy atom. The Balaban J connectivity index is 0.933. The molecule has 7 fully saturated rings. The molecule has 20 heteroatoms. The van der Waals surface area contributed by atoms with Gasteiger partial charge in [-0.3, -0.25) is 4.79 Å². The lowest BCUT2D eigenvalue weighted by atomic mass is 9.38. The lowest BCUT2D eigenvalue weighted by Gasteiger charge is -2.67. The zero-order chi connectivity index (χ0) is 49.0. The molecule has 3 saturated heterocycles. The van der Waals surface area contributed by atoms with Gasteiger partial charge in [0.15, 0.2) is 18.7 Å². The Morgan fingerprint density at radius 2 is 1.43 bits per heavy atom. The summed E-state index contributed by atoms with van der Waals surface area (Å²) in [6, 6.07) is 0. The van der Waals surface area contributed by atoms with E-state index in [1.807, 2.05) is 6.92 Å². The molecule has 8 rings (SSSR count). The molecule has 27 unspecified atom stereocenters. The van der Waals surface area contributed by atoms with Gasteiger partial charge in [0.1, 0.15) is 54.9 Å². The van der Waals surface area contributed by atoms with Gasteiger partial charge >= 0.3 is 5.97 Å². The van der Waals surface area contributed by atoms with Crippen molar-refractivity contribution in [3.05, 3.63) is 11.6 Å². The van der Waals surface area contributed by atoms with Crippen LogP contribution in [-0.4, -0.2) is 196 Å². The number of carbonyl (C=O) groups is 1. The molecule has 0 bridgehead atoms. The van der Waals surface area contributed by atoms with Crippen LogP contribution in [0.3, 0.4) is 0 Å². The van der Waals surface area contributed by atoms with Crippen molar-refractivity contribution in [3.8, 4) is 0 Å². The lowest BCUT2D eigenvalue weighted by molar-refractivity contribution is -0.404. The number of aliphatic hydroxyl groups is 13. The predicted molar refractivity (Wildman–Crippen MR) is 228 cm³/mol. The van der Waals surface area contributed by atoms with Gasteiger partial charge in [-0.2, -0.15) is 0 Å². The molecule has 3 aliphatic heterocycles. The second kappa shape index (κ2) is 18.8. The minimum absolute atomic E-state index is 0.0385. The van der Waals surface area contributed by atoms with Crippen molar-refractivity contribution in [2.45, 2.75) is 190 Å². The van der Waals surface area contributed by atoms with Crippen molar-refractivity contribution in [3.63, 3.8) is 0 Å². The molecule has 20 nitrogen and oxygen atoms in total. The first-order chi connectivity index (χ1) is 31.4. The van der Waals surface area contributed by atoms with E-state index in [-0.39, 0.29) is 52.9 Å². The number of aliphatic hydroxyl groups excluding tert-OH is 11. The van der Waals surface area contributed by atoms with Crippen LogP contribution in [0.4, 0.5) is 0 Å². The molecule has 384 valence electrons. The van der Waals surface area contributed by atoms with Crippen molar-refractivity contribution in [2.24, 2.45) is 63.6 Å². The molecule has 67 heavy (non-hydrogen) atoms. The SMILES string of the molecule is CC1CC(C(=O)OC2OC(COC3OC(CO)C(OC4OC(C)C(O)C(O)(O)C4O)C(O)C3O)C(O)C(O)C2O)C2CCC3(C)C(=CCC4C3CCC3C(C)(CO)C(O)C(O)CC43C)C2C1C. The summed E-state index contributed by atoms with van der Waals surface area (Å²) in [5.74, 6) is -3.40. The van der Waals surface area contributed by atoms with Crippen LogP contribution in [0.1, 0.15) is 86.5 Å². The zero-order valence-corrected chi connectivity index (χ0v) is 39.2. The maximum atomic E-state index is 14.4. The number of hydrogen-bond acceptors (Lipinski definition) is 20. The Bertz CT molecular complexity index is 1800. The summed E-state index contributed by atoms with van der Waals surface area (Å²) in [4.78, 5) is 14.4. The van der Waals surface area contributed by atoms with Crippen LogP contribution in [0.2, 0.25) is 0 Å². The van der Waals surface area contributed by atoms with E-state index in [1.165, 1.54) is 12.5 Å².